The van der Waals surface area contributed by atoms with Gasteiger partial charge in [0.15, 0.2) is 0 Å². The highest BCUT2D eigenvalue weighted by molar-refractivity contribution is 7.90. The summed E-state index contributed by atoms with van der Waals surface area (Å²) >= 11 is 0. The van der Waals surface area contributed by atoms with Gasteiger partial charge in [0, 0.05) is 24.7 Å². The van der Waals surface area contributed by atoms with Crippen LogP contribution in [0.2, 0.25) is 0 Å². The summed E-state index contributed by atoms with van der Waals surface area (Å²) in [6, 6.07) is 4.24. The molecule has 0 bridgehead atoms. The number of carbonyl (C=O) groups excluding carboxylic acids is 2. The highest BCUT2D eigenvalue weighted by Crippen LogP contribution is 2.30. The Hall–Kier alpha value is -1.64. The molecule has 0 radical (unpaired) electrons. The van der Waals surface area contributed by atoms with Gasteiger partial charge in [0.2, 0.25) is 0 Å². The van der Waals surface area contributed by atoms with Crippen molar-refractivity contribution in [2.75, 3.05) is 19.6 Å². The Balaban J connectivity index is 0.00000208. The molecule has 0 saturated carbocycles. The zero-order valence-electron chi connectivity index (χ0n) is 13.2. The molecule has 0 unspecified atom stereocenters. The molecule has 9 heteroatoms. The number of benzene rings is 1. The predicted octanol–water partition coefficient (Wildman–Crippen LogP) is 0.755. The number of halogens is 1. The Morgan fingerprint density at radius 2 is 2.17 bits per heavy atom. The minimum absolute atomic E-state index is 0. The molecule has 132 valence electrons. The minimum atomic E-state index is -3.84. The zero-order valence-corrected chi connectivity index (χ0v) is 14.9. The summed E-state index contributed by atoms with van der Waals surface area (Å²) in [6.45, 7) is 3.33. The van der Waals surface area contributed by atoms with E-state index >= 15 is 0 Å². The number of nitrogens with one attached hydrogen (secondary N) is 2. The molecule has 1 fully saturated rings. The van der Waals surface area contributed by atoms with Gasteiger partial charge in [0.1, 0.15) is 4.90 Å². The highest BCUT2D eigenvalue weighted by Gasteiger charge is 2.40. The van der Waals surface area contributed by atoms with Gasteiger partial charge in [-0.25, -0.2) is 12.7 Å². The summed E-state index contributed by atoms with van der Waals surface area (Å²) in [7, 11) is -3.84. The van der Waals surface area contributed by atoms with Crippen molar-refractivity contribution in [3.63, 3.8) is 0 Å². The van der Waals surface area contributed by atoms with Crippen molar-refractivity contribution in [3.8, 4) is 0 Å². The van der Waals surface area contributed by atoms with E-state index in [1.165, 1.54) is 18.2 Å². The van der Waals surface area contributed by atoms with Crippen molar-refractivity contribution in [2.45, 2.75) is 30.7 Å². The fraction of sp³-hybridized carbons (Fsp3) is 0.467. The number of hydrogen-bond acceptors (Lipinski definition) is 5. The van der Waals surface area contributed by atoms with E-state index in [1.807, 2.05) is 0 Å². The topological polar surface area (TPSA) is 95.6 Å². The Morgan fingerprint density at radius 1 is 1.42 bits per heavy atom. The van der Waals surface area contributed by atoms with Crippen molar-refractivity contribution >= 4 is 34.2 Å². The first-order valence-electron chi connectivity index (χ1n) is 7.68. The number of amides is 2. The van der Waals surface area contributed by atoms with Crippen LogP contribution in [0, 0.1) is 0 Å². The van der Waals surface area contributed by atoms with Crippen molar-refractivity contribution < 1.29 is 18.0 Å². The third-order valence-electron chi connectivity index (χ3n) is 4.19. The van der Waals surface area contributed by atoms with Gasteiger partial charge in [-0.15, -0.1) is 12.4 Å². The number of hydrogen-bond donors (Lipinski definition) is 2. The normalized spacial score (nSPS) is 21.8. The number of sulfonamides is 1. The molecule has 1 atom stereocenters. The maximum absolute atomic E-state index is 12.4. The van der Waals surface area contributed by atoms with Gasteiger partial charge in [0.25, 0.3) is 21.8 Å². The number of rotatable bonds is 3. The first kappa shape index (κ1) is 18.7. The molecule has 1 saturated heterocycles. The van der Waals surface area contributed by atoms with Crippen LogP contribution in [-0.2, 0) is 10.0 Å². The number of piperidine rings is 1. The molecule has 0 aliphatic carbocycles. The average Bonchev–Trinajstić information content (AvgIpc) is 2.74. The predicted molar refractivity (Wildman–Crippen MR) is 90.9 cm³/mol. The summed E-state index contributed by atoms with van der Waals surface area (Å²) in [4.78, 5) is 24.3. The minimum Gasteiger partial charge on any atom is -0.348 e. The van der Waals surface area contributed by atoms with Crippen molar-refractivity contribution in [1.82, 2.24) is 14.9 Å². The quantitative estimate of drug-likeness (QED) is 0.815. The van der Waals surface area contributed by atoms with Gasteiger partial charge in [-0.3, -0.25) is 9.59 Å². The molecule has 0 aromatic heterocycles. The van der Waals surface area contributed by atoms with Crippen LogP contribution < -0.4 is 10.6 Å². The smallest absolute Gasteiger partial charge is 0.268 e. The summed E-state index contributed by atoms with van der Waals surface area (Å²) in [5.74, 6) is -0.856. The van der Waals surface area contributed by atoms with Gasteiger partial charge in [0.05, 0.1) is 5.56 Å². The molecule has 2 aliphatic rings. The number of fused-ring (bicyclic) bond motifs is 1. The van der Waals surface area contributed by atoms with E-state index < -0.39 is 15.9 Å². The van der Waals surface area contributed by atoms with Crippen LogP contribution in [0.3, 0.4) is 0 Å². The van der Waals surface area contributed by atoms with Gasteiger partial charge in [-0.1, -0.05) is 0 Å². The van der Waals surface area contributed by atoms with E-state index in [1.54, 1.807) is 6.92 Å². The first-order chi connectivity index (χ1) is 10.9. The van der Waals surface area contributed by atoms with Crippen LogP contribution in [0.15, 0.2) is 23.1 Å². The monoisotopic (exact) mass is 373 g/mol. The first-order valence-corrected chi connectivity index (χ1v) is 9.12. The number of nitrogens with zero attached hydrogens (tertiary/aromatic N) is 1. The lowest BCUT2D eigenvalue weighted by molar-refractivity contribution is 0.0873. The van der Waals surface area contributed by atoms with Gasteiger partial charge in [-0.05, 0) is 44.5 Å². The lowest BCUT2D eigenvalue weighted by atomic mass is 10.1. The second-order valence-electron chi connectivity index (χ2n) is 5.70. The van der Waals surface area contributed by atoms with E-state index in [0.717, 1.165) is 23.7 Å². The summed E-state index contributed by atoms with van der Waals surface area (Å²) in [5.41, 5.74) is 0.381. The van der Waals surface area contributed by atoms with E-state index in [4.69, 9.17) is 0 Å². The molecule has 1 aromatic rings. The lowest BCUT2D eigenvalue weighted by Crippen LogP contribution is -2.45. The highest BCUT2D eigenvalue weighted by atomic mass is 35.5. The third kappa shape index (κ3) is 3.13. The maximum atomic E-state index is 12.4. The third-order valence-corrected chi connectivity index (χ3v) is 6.09. The second-order valence-corrected chi connectivity index (χ2v) is 7.53. The SMILES string of the molecule is CCN1C(=O)c2ccc(C(=O)N[C@H]3CCCNC3)cc2S1(=O)=O.Cl. The van der Waals surface area contributed by atoms with E-state index in [0.29, 0.717) is 6.54 Å². The molecular weight excluding hydrogens is 354 g/mol. The molecule has 0 spiro atoms. The van der Waals surface area contributed by atoms with Crippen molar-refractivity contribution in [2.24, 2.45) is 0 Å². The van der Waals surface area contributed by atoms with Crippen LogP contribution in [0.4, 0.5) is 0 Å². The largest absolute Gasteiger partial charge is 0.348 e. The molecule has 3 rings (SSSR count). The molecule has 2 aliphatic heterocycles. The van der Waals surface area contributed by atoms with Crippen molar-refractivity contribution in [3.05, 3.63) is 29.3 Å². The Labute approximate surface area is 147 Å². The molecular formula is C15H20ClN3O4S. The van der Waals surface area contributed by atoms with Crippen LogP contribution in [0.1, 0.15) is 40.5 Å². The number of carbonyl (C=O) groups is 2. The molecule has 24 heavy (non-hydrogen) atoms. The molecule has 2 N–H and O–H groups in total. The molecule has 2 amide bonds. The van der Waals surface area contributed by atoms with E-state index in [9.17, 15) is 18.0 Å². The Kier molecular flexibility index (Phi) is 5.52. The molecule has 7 nitrogen and oxygen atoms in total. The summed E-state index contributed by atoms with van der Waals surface area (Å²) in [5, 5.41) is 6.10. The zero-order chi connectivity index (χ0) is 16.6. The second kappa shape index (κ2) is 7.08. The van der Waals surface area contributed by atoms with Gasteiger partial charge in [-0.2, -0.15) is 0 Å². The fourth-order valence-corrected chi connectivity index (χ4v) is 4.58. The van der Waals surface area contributed by atoms with E-state index in [2.05, 4.69) is 10.6 Å². The average molecular weight is 374 g/mol. The van der Waals surface area contributed by atoms with Crippen molar-refractivity contribution in [1.29, 1.82) is 0 Å². The van der Waals surface area contributed by atoms with Crippen LogP contribution in [0.5, 0.6) is 0 Å². The van der Waals surface area contributed by atoms with Gasteiger partial charge < -0.3 is 10.6 Å². The summed E-state index contributed by atoms with van der Waals surface area (Å²) in [6.07, 6.45) is 1.88. The lowest BCUT2D eigenvalue weighted by Gasteiger charge is -2.23. The Morgan fingerprint density at radius 3 is 2.79 bits per heavy atom. The standard InChI is InChI=1S/C15H19N3O4S.ClH/c1-2-18-15(20)12-6-5-10(8-13(12)23(18,21)22)14(19)17-11-4-3-7-16-9-11;/h5-6,8,11,16H,2-4,7,9H2,1H3,(H,17,19);1H/t11-;/m0./s1. The van der Waals surface area contributed by atoms with Crippen LogP contribution in [0.25, 0.3) is 0 Å². The van der Waals surface area contributed by atoms with Crippen LogP contribution >= 0.6 is 12.4 Å². The van der Waals surface area contributed by atoms with Gasteiger partial charge >= 0.3 is 0 Å². The fourth-order valence-electron chi connectivity index (χ4n) is 2.97. The molecule has 1 aromatic carbocycles. The molecule has 2 heterocycles. The summed E-state index contributed by atoms with van der Waals surface area (Å²) < 4.78 is 25.5. The Bertz CT molecular complexity index is 760. The van der Waals surface area contributed by atoms with Crippen LogP contribution in [-0.4, -0.2) is 50.2 Å². The maximum Gasteiger partial charge on any atom is 0.268 e. The van der Waals surface area contributed by atoms with E-state index in [-0.39, 0.29) is 46.9 Å².